The van der Waals surface area contributed by atoms with Crippen LogP contribution in [0.4, 0.5) is 0 Å². The minimum absolute atomic E-state index is 0.108. The average molecular weight is 1040 g/mol. The van der Waals surface area contributed by atoms with Gasteiger partial charge in [0.2, 0.25) is 0 Å². The molecule has 0 aliphatic rings. The summed E-state index contributed by atoms with van der Waals surface area (Å²) in [6.07, 6.45) is 85.2. The van der Waals surface area contributed by atoms with Crippen molar-refractivity contribution >= 4 is 17.9 Å². The Labute approximate surface area is 463 Å². The molecule has 0 rings (SSSR count). The molecule has 0 aromatic heterocycles. The average Bonchev–Trinajstić information content (AvgIpc) is 3.41. The zero-order valence-corrected chi connectivity index (χ0v) is 49.0. The maximum Gasteiger partial charge on any atom is 0.306 e. The van der Waals surface area contributed by atoms with Crippen molar-refractivity contribution in [2.75, 3.05) is 13.2 Å². The number of hydrogen-bond acceptors (Lipinski definition) is 6. The topological polar surface area (TPSA) is 78.9 Å². The van der Waals surface area contributed by atoms with Crippen molar-refractivity contribution in [2.45, 2.75) is 297 Å². The molecule has 0 heterocycles. The molecule has 0 saturated heterocycles. The van der Waals surface area contributed by atoms with Gasteiger partial charge in [0, 0.05) is 19.3 Å². The standard InChI is InChI=1S/C69H116O6/c1-4-7-10-13-16-19-22-25-28-31-33-34-36-38-41-44-47-50-53-56-59-62-68(71)74-65-66(64-73-67(70)61-58-55-52-49-46-43-40-37-30-27-24-21-18-15-12-9-6-3)75-69(72)63-60-57-54-51-48-45-42-39-35-32-29-26-23-20-17-14-11-8-5-2/h8,11,17,20,25-30,35,39-40,43,45,48-49,52,66H,4-7,9-10,12-16,18-19,21-24,31-34,36-38,41-42,44,46-47,50-51,53-65H2,1-3H3/b11-8-,20-17-,28-25-,29-26-,30-27-,39-35-,43-40-,48-45-,52-49-/t66-/m0/s1. The van der Waals surface area contributed by atoms with Crippen molar-refractivity contribution in [1.82, 2.24) is 0 Å². The smallest absolute Gasteiger partial charge is 0.306 e. The van der Waals surface area contributed by atoms with Crippen LogP contribution in [0.1, 0.15) is 290 Å². The van der Waals surface area contributed by atoms with Crippen molar-refractivity contribution in [1.29, 1.82) is 0 Å². The molecular formula is C69H116O6. The van der Waals surface area contributed by atoms with Gasteiger partial charge < -0.3 is 14.2 Å². The number of allylic oxidation sites excluding steroid dienone is 18. The third kappa shape index (κ3) is 60.8. The fraction of sp³-hybridized carbons (Fsp3) is 0.696. The lowest BCUT2D eigenvalue weighted by Crippen LogP contribution is -2.30. The van der Waals surface area contributed by atoms with Gasteiger partial charge in [0.15, 0.2) is 6.10 Å². The van der Waals surface area contributed by atoms with E-state index in [0.717, 1.165) is 89.9 Å². The Bertz CT molecular complexity index is 1520. The highest BCUT2D eigenvalue weighted by atomic mass is 16.6. The lowest BCUT2D eigenvalue weighted by Gasteiger charge is -2.18. The van der Waals surface area contributed by atoms with E-state index in [1.165, 1.54) is 148 Å². The molecule has 0 aliphatic carbocycles. The monoisotopic (exact) mass is 1040 g/mol. The Morgan fingerprint density at radius 2 is 0.533 bits per heavy atom. The molecule has 0 N–H and O–H groups in total. The number of ether oxygens (including phenoxy) is 3. The van der Waals surface area contributed by atoms with Crippen molar-refractivity contribution in [3.05, 3.63) is 109 Å². The highest BCUT2D eigenvalue weighted by Gasteiger charge is 2.19. The largest absolute Gasteiger partial charge is 0.462 e. The molecule has 6 heteroatoms. The van der Waals surface area contributed by atoms with Gasteiger partial charge in [0.05, 0.1) is 0 Å². The Hall–Kier alpha value is -3.93. The van der Waals surface area contributed by atoms with Crippen LogP contribution in [0.5, 0.6) is 0 Å². The maximum absolute atomic E-state index is 12.9. The van der Waals surface area contributed by atoms with E-state index < -0.39 is 6.10 Å². The van der Waals surface area contributed by atoms with Crippen LogP contribution in [-0.4, -0.2) is 37.2 Å². The Morgan fingerprint density at radius 3 is 0.893 bits per heavy atom. The van der Waals surface area contributed by atoms with Gasteiger partial charge >= 0.3 is 17.9 Å². The van der Waals surface area contributed by atoms with Gasteiger partial charge in [-0.25, -0.2) is 0 Å². The second-order valence-corrected chi connectivity index (χ2v) is 20.6. The highest BCUT2D eigenvalue weighted by Crippen LogP contribution is 2.15. The number of rotatable bonds is 56. The lowest BCUT2D eigenvalue weighted by molar-refractivity contribution is -0.167. The summed E-state index contributed by atoms with van der Waals surface area (Å²) in [7, 11) is 0. The first-order chi connectivity index (χ1) is 37.0. The van der Waals surface area contributed by atoms with Crippen LogP contribution in [0.2, 0.25) is 0 Å². The van der Waals surface area contributed by atoms with E-state index in [9.17, 15) is 14.4 Å². The molecular weight excluding hydrogens is 925 g/mol. The van der Waals surface area contributed by atoms with E-state index >= 15 is 0 Å². The molecule has 0 aromatic carbocycles. The Kier molecular flexibility index (Phi) is 59.3. The molecule has 75 heavy (non-hydrogen) atoms. The zero-order chi connectivity index (χ0) is 54.3. The molecule has 1 atom stereocenters. The van der Waals surface area contributed by atoms with Crippen molar-refractivity contribution < 1.29 is 28.6 Å². The number of carbonyl (C=O) groups is 3. The first kappa shape index (κ1) is 71.1. The van der Waals surface area contributed by atoms with E-state index in [2.05, 4.69) is 130 Å². The summed E-state index contributed by atoms with van der Waals surface area (Å²) in [6.45, 7) is 6.46. The molecule has 0 unspecified atom stereocenters. The van der Waals surface area contributed by atoms with E-state index in [4.69, 9.17) is 14.2 Å². The third-order valence-corrected chi connectivity index (χ3v) is 13.2. The first-order valence-corrected chi connectivity index (χ1v) is 31.4. The summed E-state index contributed by atoms with van der Waals surface area (Å²) in [5.74, 6) is -0.991. The van der Waals surface area contributed by atoms with Crippen molar-refractivity contribution in [3.8, 4) is 0 Å². The minimum atomic E-state index is -0.819. The number of carbonyl (C=O) groups excluding carboxylic acids is 3. The quantitative estimate of drug-likeness (QED) is 0.0261. The second kappa shape index (κ2) is 62.6. The Balaban J connectivity index is 4.49. The molecule has 0 bridgehead atoms. The fourth-order valence-corrected chi connectivity index (χ4v) is 8.54. The normalized spacial score (nSPS) is 12.8. The van der Waals surface area contributed by atoms with E-state index in [1.807, 2.05) is 0 Å². The van der Waals surface area contributed by atoms with Gasteiger partial charge in [-0.2, -0.15) is 0 Å². The SMILES string of the molecule is CC/C=C\C/C=C\C/C=C\C/C=C\C/C=C\CCCCCC(=O)O[C@@H](COC(=O)CCC/C=C\C/C=C\C/C=C\CCCCCCCC)COC(=O)CCCCCCCCCCCCC/C=C\CCCCCCCC. The van der Waals surface area contributed by atoms with Crippen LogP contribution >= 0.6 is 0 Å². The minimum Gasteiger partial charge on any atom is -0.462 e. The van der Waals surface area contributed by atoms with Gasteiger partial charge in [0.1, 0.15) is 13.2 Å². The molecule has 0 fully saturated rings. The molecule has 0 aromatic rings. The lowest BCUT2D eigenvalue weighted by atomic mass is 10.0. The van der Waals surface area contributed by atoms with Gasteiger partial charge in [-0.3, -0.25) is 14.4 Å². The summed E-state index contributed by atoms with van der Waals surface area (Å²) >= 11 is 0. The zero-order valence-electron chi connectivity index (χ0n) is 49.0. The first-order valence-electron chi connectivity index (χ1n) is 31.4. The predicted octanol–water partition coefficient (Wildman–Crippen LogP) is 21.4. The highest BCUT2D eigenvalue weighted by molar-refractivity contribution is 5.71. The molecule has 428 valence electrons. The summed E-state index contributed by atoms with van der Waals surface area (Å²) in [6, 6.07) is 0. The van der Waals surface area contributed by atoms with Crippen molar-refractivity contribution in [2.24, 2.45) is 0 Å². The summed E-state index contributed by atoms with van der Waals surface area (Å²) < 4.78 is 16.8. The Morgan fingerprint density at radius 1 is 0.280 bits per heavy atom. The van der Waals surface area contributed by atoms with E-state index in [0.29, 0.717) is 19.3 Å². The number of esters is 3. The van der Waals surface area contributed by atoms with Crippen LogP contribution in [0.3, 0.4) is 0 Å². The summed E-state index contributed by atoms with van der Waals surface area (Å²) in [5.41, 5.74) is 0. The molecule has 6 nitrogen and oxygen atoms in total. The van der Waals surface area contributed by atoms with Crippen molar-refractivity contribution in [3.63, 3.8) is 0 Å². The molecule has 0 amide bonds. The van der Waals surface area contributed by atoms with E-state index in [-0.39, 0.29) is 44.0 Å². The molecule has 0 spiro atoms. The third-order valence-electron chi connectivity index (χ3n) is 13.2. The number of unbranched alkanes of at least 4 members (excludes halogenated alkanes) is 27. The van der Waals surface area contributed by atoms with Gasteiger partial charge in [-0.15, -0.1) is 0 Å². The fourth-order valence-electron chi connectivity index (χ4n) is 8.54. The molecule has 0 saturated carbocycles. The van der Waals surface area contributed by atoms with E-state index in [1.54, 1.807) is 0 Å². The van der Waals surface area contributed by atoms with Crippen LogP contribution in [-0.2, 0) is 28.6 Å². The molecule has 0 radical (unpaired) electrons. The molecule has 0 aliphatic heterocycles. The number of hydrogen-bond donors (Lipinski definition) is 0. The van der Waals surface area contributed by atoms with Crippen LogP contribution < -0.4 is 0 Å². The maximum atomic E-state index is 12.9. The van der Waals surface area contributed by atoms with Crippen LogP contribution in [0.15, 0.2) is 109 Å². The van der Waals surface area contributed by atoms with Crippen LogP contribution in [0.25, 0.3) is 0 Å². The van der Waals surface area contributed by atoms with Gasteiger partial charge in [-0.05, 0) is 122 Å². The van der Waals surface area contributed by atoms with Gasteiger partial charge in [0.25, 0.3) is 0 Å². The predicted molar refractivity (Wildman–Crippen MR) is 325 cm³/mol. The van der Waals surface area contributed by atoms with Crippen LogP contribution in [0, 0.1) is 0 Å². The second-order valence-electron chi connectivity index (χ2n) is 20.6. The van der Waals surface area contributed by atoms with Gasteiger partial charge in [-0.1, -0.05) is 259 Å². The summed E-state index contributed by atoms with van der Waals surface area (Å²) in [4.78, 5) is 38.3. The summed E-state index contributed by atoms with van der Waals surface area (Å²) in [5, 5.41) is 0.